The van der Waals surface area contributed by atoms with Gasteiger partial charge in [0.2, 0.25) is 0 Å². The predicted octanol–water partition coefficient (Wildman–Crippen LogP) is 2.91. The Bertz CT molecular complexity index is 242. The van der Waals surface area contributed by atoms with E-state index in [4.69, 9.17) is 5.73 Å². The Hall–Kier alpha value is -0.700. The Morgan fingerprint density at radius 2 is 2.17 bits per heavy atom. The zero-order valence-corrected chi connectivity index (χ0v) is 7.83. The number of rotatable bonds is 3. The number of hydrogen-bond acceptors (Lipinski definition) is 2. The minimum Gasteiger partial charge on any atom is -0.399 e. The second kappa shape index (κ2) is 4.36. The number of halogens is 1. The third-order valence-electron chi connectivity index (χ3n) is 1.37. The van der Waals surface area contributed by atoms with Crippen molar-refractivity contribution in [2.45, 2.75) is 18.2 Å². The average Bonchev–Trinajstić information content (AvgIpc) is 1.99. The molecule has 0 fully saturated rings. The summed E-state index contributed by atoms with van der Waals surface area (Å²) in [5.41, 5.74) is 5.97. The fraction of sp³-hybridized carbons (Fsp3) is 0.333. The van der Waals surface area contributed by atoms with Crippen molar-refractivity contribution in [1.29, 1.82) is 0 Å². The van der Waals surface area contributed by atoms with Crippen LogP contribution in [0.3, 0.4) is 0 Å². The highest BCUT2D eigenvalue weighted by atomic mass is 32.2. The average molecular weight is 185 g/mol. The fourth-order valence-electron chi connectivity index (χ4n) is 0.888. The largest absolute Gasteiger partial charge is 0.399 e. The number of thioether (sulfide) groups is 1. The molecule has 0 radical (unpaired) electrons. The van der Waals surface area contributed by atoms with Crippen molar-refractivity contribution < 1.29 is 4.39 Å². The summed E-state index contributed by atoms with van der Waals surface area (Å²) >= 11 is 1.63. The first-order chi connectivity index (χ1) is 5.72. The standard InChI is InChI=1S/C9H12FNS/c1-2-3-12-9-5-7(10)4-8(11)6-9/h4-6H,2-3,11H2,1H3. The minimum atomic E-state index is -0.256. The Morgan fingerprint density at radius 1 is 1.42 bits per heavy atom. The predicted molar refractivity (Wildman–Crippen MR) is 51.8 cm³/mol. The molecule has 0 aliphatic heterocycles. The lowest BCUT2D eigenvalue weighted by atomic mass is 10.3. The van der Waals surface area contributed by atoms with Gasteiger partial charge in [0.25, 0.3) is 0 Å². The van der Waals surface area contributed by atoms with Crippen LogP contribution >= 0.6 is 11.8 Å². The minimum absolute atomic E-state index is 0.256. The van der Waals surface area contributed by atoms with Gasteiger partial charge in [0, 0.05) is 10.6 Å². The lowest BCUT2D eigenvalue weighted by Crippen LogP contribution is -1.87. The molecule has 0 aromatic heterocycles. The van der Waals surface area contributed by atoms with Gasteiger partial charge in [0.15, 0.2) is 0 Å². The van der Waals surface area contributed by atoms with Gasteiger partial charge in [-0.1, -0.05) is 6.92 Å². The van der Waals surface area contributed by atoms with E-state index in [0.29, 0.717) is 5.69 Å². The molecule has 1 rings (SSSR count). The first-order valence-corrected chi connectivity index (χ1v) is 4.90. The normalized spacial score (nSPS) is 10.2. The molecule has 0 heterocycles. The van der Waals surface area contributed by atoms with E-state index >= 15 is 0 Å². The first-order valence-electron chi connectivity index (χ1n) is 3.91. The summed E-state index contributed by atoms with van der Waals surface area (Å²) in [4.78, 5) is 0.911. The van der Waals surface area contributed by atoms with Gasteiger partial charge in [0.05, 0.1) is 0 Å². The summed E-state index contributed by atoms with van der Waals surface area (Å²) in [5, 5.41) is 0. The van der Waals surface area contributed by atoms with Crippen molar-refractivity contribution in [3.05, 3.63) is 24.0 Å². The second-order valence-corrected chi connectivity index (χ2v) is 3.74. The Morgan fingerprint density at radius 3 is 2.75 bits per heavy atom. The molecule has 66 valence electrons. The van der Waals surface area contributed by atoms with Gasteiger partial charge >= 0.3 is 0 Å². The fourth-order valence-corrected chi connectivity index (χ4v) is 1.74. The zero-order chi connectivity index (χ0) is 8.97. The number of nitrogens with two attached hydrogens (primary N) is 1. The molecule has 0 aliphatic carbocycles. The summed E-state index contributed by atoms with van der Waals surface area (Å²) in [7, 11) is 0. The van der Waals surface area contributed by atoms with Gasteiger partial charge in [-0.2, -0.15) is 0 Å². The second-order valence-electron chi connectivity index (χ2n) is 2.57. The molecular formula is C9H12FNS. The van der Waals surface area contributed by atoms with Gasteiger partial charge in [0.1, 0.15) is 5.82 Å². The van der Waals surface area contributed by atoms with Crippen LogP contribution in [0, 0.1) is 5.82 Å². The van der Waals surface area contributed by atoms with E-state index in [2.05, 4.69) is 6.92 Å². The van der Waals surface area contributed by atoms with Crippen molar-refractivity contribution in [3.8, 4) is 0 Å². The Kier molecular flexibility index (Phi) is 3.41. The van der Waals surface area contributed by atoms with Crippen LogP contribution in [0.25, 0.3) is 0 Å². The number of hydrogen-bond donors (Lipinski definition) is 1. The maximum absolute atomic E-state index is 12.8. The molecule has 2 N–H and O–H groups in total. The maximum Gasteiger partial charge on any atom is 0.126 e. The van der Waals surface area contributed by atoms with Crippen LogP contribution in [-0.2, 0) is 0 Å². The van der Waals surface area contributed by atoms with Crippen LogP contribution in [0.5, 0.6) is 0 Å². The molecule has 1 aromatic carbocycles. The molecule has 0 amide bonds. The van der Waals surface area contributed by atoms with E-state index in [1.807, 2.05) is 0 Å². The summed E-state index contributed by atoms with van der Waals surface area (Å²) < 4.78 is 12.8. The quantitative estimate of drug-likeness (QED) is 0.578. The summed E-state index contributed by atoms with van der Waals surface area (Å²) in [6, 6.07) is 4.64. The van der Waals surface area contributed by atoms with E-state index in [0.717, 1.165) is 17.1 Å². The number of benzene rings is 1. The number of anilines is 1. The third-order valence-corrected chi connectivity index (χ3v) is 2.55. The number of nitrogen functional groups attached to an aromatic ring is 1. The van der Waals surface area contributed by atoms with Crippen LogP contribution in [0.4, 0.5) is 10.1 Å². The van der Waals surface area contributed by atoms with E-state index in [1.54, 1.807) is 17.8 Å². The summed E-state index contributed by atoms with van der Waals surface area (Å²) in [5.74, 6) is 0.747. The molecule has 1 aromatic rings. The SMILES string of the molecule is CCCSc1cc(N)cc(F)c1. The van der Waals surface area contributed by atoms with Crippen molar-refractivity contribution in [3.63, 3.8) is 0 Å². The third kappa shape index (κ3) is 2.74. The van der Waals surface area contributed by atoms with Crippen molar-refractivity contribution in [2.24, 2.45) is 0 Å². The van der Waals surface area contributed by atoms with Crippen molar-refractivity contribution in [1.82, 2.24) is 0 Å². The lowest BCUT2D eigenvalue weighted by Gasteiger charge is -2.01. The van der Waals surface area contributed by atoms with Gasteiger partial charge < -0.3 is 5.73 Å². The van der Waals surface area contributed by atoms with E-state index in [1.165, 1.54) is 12.1 Å². The highest BCUT2D eigenvalue weighted by Gasteiger charge is 1.97. The molecule has 0 spiro atoms. The van der Waals surface area contributed by atoms with E-state index in [9.17, 15) is 4.39 Å². The van der Waals surface area contributed by atoms with Crippen molar-refractivity contribution >= 4 is 17.4 Å². The summed E-state index contributed by atoms with van der Waals surface area (Å²) in [6.07, 6.45) is 1.08. The van der Waals surface area contributed by atoms with Gasteiger partial charge in [-0.25, -0.2) is 4.39 Å². The highest BCUT2D eigenvalue weighted by molar-refractivity contribution is 7.99. The van der Waals surface area contributed by atoms with Gasteiger partial charge in [-0.15, -0.1) is 11.8 Å². The Labute approximate surface area is 76.2 Å². The molecule has 0 atom stereocenters. The topological polar surface area (TPSA) is 26.0 Å². The van der Waals surface area contributed by atoms with Crippen LogP contribution in [0.1, 0.15) is 13.3 Å². The van der Waals surface area contributed by atoms with Crippen LogP contribution < -0.4 is 5.73 Å². The van der Waals surface area contributed by atoms with Gasteiger partial charge in [-0.05, 0) is 30.4 Å². The monoisotopic (exact) mass is 185 g/mol. The Balaban J connectivity index is 2.72. The molecule has 1 nitrogen and oxygen atoms in total. The molecule has 3 heteroatoms. The van der Waals surface area contributed by atoms with E-state index < -0.39 is 0 Å². The molecular weight excluding hydrogens is 173 g/mol. The maximum atomic E-state index is 12.8. The zero-order valence-electron chi connectivity index (χ0n) is 7.01. The summed E-state index contributed by atoms with van der Waals surface area (Å²) in [6.45, 7) is 2.09. The van der Waals surface area contributed by atoms with E-state index in [-0.39, 0.29) is 5.82 Å². The molecule has 0 saturated carbocycles. The lowest BCUT2D eigenvalue weighted by molar-refractivity contribution is 0.625. The molecule has 0 saturated heterocycles. The van der Waals surface area contributed by atoms with Gasteiger partial charge in [-0.3, -0.25) is 0 Å². The molecule has 0 bridgehead atoms. The van der Waals surface area contributed by atoms with Crippen LogP contribution in [-0.4, -0.2) is 5.75 Å². The molecule has 12 heavy (non-hydrogen) atoms. The van der Waals surface area contributed by atoms with Crippen LogP contribution in [0.15, 0.2) is 23.1 Å². The molecule has 0 aliphatic rings. The smallest absolute Gasteiger partial charge is 0.126 e. The highest BCUT2D eigenvalue weighted by Crippen LogP contribution is 2.22. The first kappa shape index (κ1) is 9.39. The molecule has 0 unspecified atom stereocenters. The van der Waals surface area contributed by atoms with Crippen molar-refractivity contribution in [2.75, 3.05) is 11.5 Å². The van der Waals surface area contributed by atoms with Crippen LogP contribution in [0.2, 0.25) is 0 Å².